The van der Waals surface area contributed by atoms with Crippen molar-refractivity contribution in [1.29, 1.82) is 0 Å². The molecule has 0 saturated heterocycles. The molecule has 0 unspecified atom stereocenters. The maximum Gasteiger partial charge on any atom is 0.148 e. The van der Waals surface area contributed by atoms with Gasteiger partial charge in [-0.2, -0.15) is 0 Å². The lowest BCUT2D eigenvalue weighted by Gasteiger charge is -2.19. The lowest BCUT2D eigenvalue weighted by Crippen LogP contribution is -2.13. The lowest BCUT2D eigenvalue weighted by molar-refractivity contribution is 0.272. The van der Waals surface area contributed by atoms with Crippen molar-refractivity contribution < 1.29 is 9.47 Å². The molecule has 31 heavy (non-hydrogen) atoms. The highest BCUT2D eigenvalue weighted by Crippen LogP contribution is 2.26. The normalized spacial score (nSPS) is 11.6. The summed E-state index contributed by atoms with van der Waals surface area (Å²) in [5.41, 5.74) is 3.41. The Morgan fingerprint density at radius 3 is 2.32 bits per heavy atom. The van der Waals surface area contributed by atoms with Crippen LogP contribution in [0, 0.1) is 0 Å². The van der Waals surface area contributed by atoms with Gasteiger partial charge in [-0.3, -0.25) is 0 Å². The molecule has 160 valence electrons. The molecule has 5 heteroatoms. The van der Waals surface area contributed by atoms with Gasteiger partial charge in [0.05, 0.1) is 22.6 Å². The highest BCUT2D eigenvalue weighted by Gasteiger charge is 2.14. The second-order valence-electron chi connectivity index (χ2n) is 8.51. The molecule has 0 atom stereocenters. The van der Waals surface area contributed by atoms with Crippen molar-refractivity contribution in [3.05, 3.63) is 89.2 Å². The standard InChI is InChI=1S/C26H27ClN2O2/c1-26(2,3)19-12-14-20(15-13-19)31-18-25-28-22-9-5-6-10-23(22)29(25)16-17-30-24-11-7-4-8-21(24)27/h4-15H,16-18H2,1-3H3. The average Bonchev–Trinajstić information content (AvgIpc) is 3.11. The third kappa shape index (κ3) is 5.02. The number of benzene rings is 3. The summed E-state index contributed by atoms with van der Waals surface area (Å²) in [5.74, 6) is 2.38. The molecule has 4 aromatic rings. The van der Waals surface area contributed by atoms with E-state index in [9.17, 15) is 0 Å². The fraction of sp³-hybridized carbons (Fsp3) is 0.269. The third-order valence-corrected chi connectivity index (χ3v) is 5.54. The molecule has 0 fully saturated rings. The Labute approximate surface area is 188 Å². The Kier molecular flexibility index (Phi) is 6.19. The summed E-state index contributed by atoms with van der Waals surface area (Å²) in [6.45, 7) is 8.13. The molecule has 4 nitrogen and oxygen atoms in total. The molecule has 1 aromatic heterocycles. The molecule has 0 spiro atoms. The van der Waals surface area contributed by atoms with Crippen LogP contribution in [-0.4, -0.2) is 16.2 Å². The van der Waals surface area contributed by atoms with Crippen LogP contribution in [0.3, 0.4) is 0 Å². The summed E-state index contributed by atoms with van der Waals surface area (Å²) in [5, 5.41) is 0.611. The van der Waals surface area contributed by atoms with E-state index in [2.05, 4.69) is 43.5 Å². The average molecular weight is 435 g/mol. The van der Waals surface area contributed by atoms with Gasteiger partial charge < -0.3 is 14.0 Å². The number of fused-ring (bicyclic) bond motifs is 1. The van der Waals surface area contributed by atoms with Gasteiger partial charge >= 0.3 is 0 Å². The van der Waals surface area contributed by atoms with Crippen LogP contribution in [0.4, 0.5) is 0 Å². The van der Waals surface area contributed by atoms with Gasteiger partial charge in [0.1, 0.15) is 30.5 Å². The van der Waals surface area contributed by atoms with Crippen molar-refractivity contribution in [2.24, 2.45) is 0 Å². The number of hydrogen-bond acceptors (Lipinski definition) is 3. The topological polar surface area (TPSA) is 36.3 Å². The minimum Gasteiger partial charge on any atom is -0.490 e. The first kappa shape index (κ1) is 21.3. The van der Waals surface area contributed by atoms with Crippen LogP contribution in [-0.2, 0) is 18.6 Å². The maximum absolute atomic E-state index is 6.20. The predicted molar refractivity (Wildman–Crippen MR) is 126 cm³/mol. The molecule has 4 rings (SSSR count). The molecule has 0 radical (unpaired) electrons. The van der Waals surface area contributed by atoms with E-state index in [1.807, 2.05) is 54.6 Å². The van der Waals surface area contributed by atoms with E-state index in [1.165, 1.54) is 5.56 Å². The Morgan fingerprint density at radius 2 is 1.58 bits per heavy atom. The molecule has 0 aliphatic rings. The van der Waals surface area contributed by atoms with E-state index in [4.69, 9.17) is 26.1 Å². The summed E-state index contributed by atoms with van der Waals surface area (Å²) < 4.78 is 14.1. The van der Waals surface area contributed by atoms with E-state index in [-0.39, 0.29) is 5.41 Å². The molecule has 0 aliphatic heterocycles. The predicted octanol–water partition coefficient (Wildman–Crippen LogP) is 6.65. The van der Waals surface area contributed by atoms with Gasteiger partial charge in [0.25, 0.3) is 0 Å². The van der Waals surface area contributed by atoms with E-state index < -0.39 is 0 Å². The van der Waals surface area contributed by atoms with Crippen LogP contribution >= 0.6 is 11.6 Å². The van der Waals surface area contributed by atoms with Gasteiger partial charge in [-0.1, -0.05) is 68.8 Å². The molecular formula is C26H27ClN2O2. The fourth-order valence-electron chi connectivity index (χ4n) is 3.49. The van der Waals surface area contributed by atoms with E-state index in [1.54, 1.807) is 0 Å². The van der Waals surface area contributed by atoms with Gasteiger partial charge in [0.15, 0.2) is 0 Å². The smallest absolute Gasteiger partial charge is 0.148 e. The Hall–Kier alpha value is -2.98. The van der Waals surface area contributed by atoms with Crippen LogP contribution in [0.1, 0.15) is 32.2 Å². The van der Waals surface area contributed by atoms with Crippen LogP contribution in [0.2, 0.25) is 5.02 Å². The minimum absolute atomic E-state index is 0.119. The minimum atomic E-state index is 0.119. The molecule has 0 N–H and O–H groups in total. The molecule has 3 aromatic carbocycles. The number of aromatic nitrogens is 2. The largest absolute Gasteiger partial charge is 0.490 e. The van der Waals surface area contributed by atoms with Crippen LogP contribution < -0.4 is 9.47 Å². The first-order chi connectivity index (χ1) is 14.9. The van der Waals surface area contributed by atoms with Crippen LogP contribution in [0.15, 0.2) is 72.8 Å². The molecule has 0 bridgehead atoms. The van der Waals surface area contributed by atoms with Crippen molar-refractivity contribution in [3.63, 3.8) is 0 Å². The van der Waals surface area contributed by atoms with Gasteiger partial charge in [-0.25, -0.2) is 4.98 Å². The second-order valence-corrected chi connectivity index (χ2v) is 8.92. The van der Waals surface area contributed by atoms with Crippen molar-refractivity contribution in [1.82, 2.24) is 9.55 Å². The fourth-order valence-corrected chi connectivity index (χ4v) is 3.68. The summed E-state index contributed by atoms with van der Waals surface area (Å²) >= 11 is 6.20. The number of halogens is 1. The van der Waals surface area contributed by atoms with Crippen LogP contribution in [0.5, 0.6) is 11.5 Å². The van der Waals surface area contributed by atoms with Crippen molar-refractivity contribution in [2.75, 3.05) is 6.61 Å². The SMILES string of the molecule is CC(C)(C)c1ccc(OCc2nc3ccccc3n2CCOc2ccccc2Cl)cc1. The maximum atomic E-state index is 6.20. The number of para-hydroxylation sites is 3. The third-order valence-electron chi connectivity index (χ3n) is 5.23. The summed E-state index contributed by atoms with van der Waals surface area (Å²) in [6.07, 6.45) is 0. The second kappa shape index (κ2) is 9.03. The zero-order valence-corrected chi connectivity index (χ0v) is 18.9. The number of nitrogens with zero attached hydrogens (tertiary/aromatic N) is 2. The van der Waals surface area contributed by atoms with Gasteiger partial charge in [0.2, 0.25) is 0 Å². The molecule has 0 amide bonds. The Morgan fingerprint density at radius 1 is 0.871 bits per heavy atom. The molecule has 0 saturated carbocycles. The van der Waals surface area contributed by atoms with Gasteiger partial charge in [-0.15, -0.1) is 0 Å². The summed E-state index contributed by atoms with van der Waals surface area (Å²) in [4.78, 5) is 4.78. The van der Waals surface area contributed by atoms with E-state index >= 15 is 0 Å². The monoisotopic (exact) mass is 434 g/mol. The first-order valence-corrected chi connectivity index (χ1v) is 10.8. The highest BCUT2D eigenvalue weighted by molar-refractivity contribution is 6.32. The van der Waals surface area contributed by atoms with Crippen molar-refractivity contribution in [2.45, 2.75) is 39.3 Å². The zero-order chi connectivity index (χ0) is 21.8. The van der Waals surface area contributed by atoms with Crippen molar-refractivity contribution >= 4 is 22.6 Å². The lowest BCUT2D eigenvalue weighted by atomic mass is 9.87. The highest BCUT2D eigenvalue weighted by atomic mass is 35.5. The number of imidazole rings is 1. The van der Waals surface area contributed by atoms with Gasteiger partial charge in [0, 0.05) is 0 Å². The Bertz CT molecular complexity index is 1160. The first-order valence-electron chi connectivity index (χ1n) is 10.5. The Balaban J connectivity index is 1.49. The summed E-state index contributed by atoms with van der Waals surface area (Å²) in [7, 11) is 0. The molecule has 0 aliphatic carbocycles. The number of ether oxygens (including phenoxy) is 2. The number of rotatable bonds is 7. The van der Waals surface area contributed by atoms with E-state index in [0.717, 1.165) is 22.6 Å². The van der Waals surface area contributed by atoms with Crippen molar-refractivity contribution in [3.8, 4) is 11.5 Å². The van der Waals surface area contributed by atoms with Crippen LogP contribution in [0.25, 0.3) is 11.0 Å². The van der Waals surface area contributed by atoms with Gasteiger partial charge in [-0.05, 0) is 47.4 Å². The van der Waals surface area contributed by atoms with E-state index in [0.29, 0.717) is 30.5 Å². The quantitative estimate of drug-likeness (QED) is 0.327. The zero-order valence-electron chi connectivity index (χ0n) is 18.1. The molecule has 1 heterocycles. The molecular weight excluding hydrogens is 408 g/mol. The summed E-state index contributed by atoms with van der Waals surface area (Å²) in [6, 6.07) is 23.9. The number of hydrogen-bond donors (Lipinski definition) is 0.